The average molecular weight is 268 g/mol. The SMILES string of the molecule is CC(CC(F)(F)F)NCc1ccc2ccccc2n1. The lowest BCUT2D eigenvalue weighted by atomic mass is 10.2. The Kier molecular flexibility index (Phi) is 4.04. The van der Waals surface area contributed by atoms with Gasteiger partial charge in [-0.15, -0.1) is 0 Å². The van der Waals surface area contributed by atoms with Gasteiger partial charge in [-0.2, -0.15) is 13.2 Å². The molecule has 5 heteroatoms. The quantitative estimate of drug-likeness (QED) is 0.915. The molecule has 102 valence electrons. The highest BCUT2D eigenvalue weighted by Gasteiger charge is 2.29. The van der Waals surface area contributed by atoms with E-state index in [4.69, 9.17) is 0 Å². The van der Waals surface area contributed by atoms with Gasteiger partial charge in [-0.25, -0.2) is 0 Å². The van der Waals surface area contributed by atoms with Crippen LogP contribution in [0.1, 0.15) is 19.0 Å². The van der Waals surface area contributed by atoms with Crippen LogP contribution in [0.4, 0.5) is 13.2 Å². The second-order valence-electron chi connectivity index (χ2n) is 4.60. The minimum Gasteiger partial charge on any atom is -0.308 e. The molecular weight excluding hydrogens is 253 g/mol. The van der Waals surface area contributed by atoms with Crippen molar-refractivity contribution in [2.45, 2.75) is 32.1 Å². The Labute approximate surface area is 109 Å². The summed E-state index contributed by atoms with van der Waals surface area (Å²) < 4.78 is 36.6. The van der Waals surface area contributed by atoms with E-state index in [0.29, 0.717) is 6.54 Å². The van der Waals surface area contributed by atoms with Crippen molar-refractivity contribution in [2.24, 2.45) is 0 Å². The summed E-state index contributed by atoms with van der Waals surface area (Å²) in [6.07, 6.45) is -4.97. The summed E-state index contributed by atoms with van der Waals surface area (Å²) in [5, 5.41) is 3.86. The van der Waals surface area contributed by atoms with Crippen molar-refractivity contribution in [3.63, 3.8) is 0 Å². The zero-order valence-corrected chi connectivity index (χ0v) is 10.5. The maximum Gasteiger partial charge on any atom is 0.390 e. The topological polar surface area (TPSA) is 24.9 Å². The van der Waals surface area contributed by atoms with Crippen LogP contribution in [-0.2, 0) is 6.54 Å². The molecule has 2 nitrogen and oxygen atoms in total. The van der Waals surface area contributed by atoms with Crippen molar-refractivity contribution in [3.8, 4) is 0 Å². The summed E-state index contributed by atoms with van der Waals surface area (Å²) in [6.45, 7) is 1.86. The lowest BCUT2D eigenvalue weighted by Gasteiger charge is -2.15. The van der Waals surface area contributed by atoms with Gasteiger partial charge in [0.15, 0.2) is 0 Å². The lowest BCUT2D eigenvalue weighted by molar-refractivity contribution is -0.139. The molecule has 0 radical (unpaired) electrons. The fourth-order valence-electron chi connectivity index (χ4n) is 1.90. The number of fused-ring (bicyclic) bond motifs is 1. The second kappa shape index (κ2) is 5.57. The van der Waals surface area contributed by atoms with E-state index in [0.717, 1.165) is 16.6 Å². The Hall–Kier alpha value is -1.62. The molecule has 0 aliphatic heterocycles. The van der Waals surface area contributed by atoms with Gasteiger partial charge in [0.25, 0.3) is 0 Å². The normalized spacial score (nSPS) is 13.7. The van der Waals surface area contributed by atoms with Crippen molar-refractivity contribution < 1.29 is 13.2 Å². The van der Waals surface area contributed by atoms with E-state index in [9.17, 15) is 13.2 Å². The number of halogens is 3. The summed E-state index contributed by atoms with van der Waals surface area (Å²) >= 11 is 0. The molecule has 0 bridgehead atoms. The van der Waals surface area contributed by atoms with Gasteiger partial charge in [0, 0.05) is 18.0 Å². The van der Waals surface area contributed by atoms with E-state index in [1.165, 1.54) is 6.92 Å². The summed E-state index contributed by atoms with van der Waals surface area (Å²) in [5.41, 5.74) is 1.60. The minimum absolute atomic E-state index is 0.335. The molecule has 0 aliphatic rings. The van der Waals surface area contributed by atoms with E-state index in [-0.39, 0.29) is 0 Å². The largest absolute Gasteiger partial charge is 0.390 e. The number of hydrogen-bond donors (Lipinski definition) is 1. The molecule has 19 heavy (non-hydrogen) atoms. The van der Waals surface area contributed by atoms with Crippen LogP contribution < -0.4 is 5.32 Å². The first-order valence-electron chi connectivity index (χ1n) is 6.09. The van der Waals surface area contributed by atoms with Crippen molar-refractivity contribution >= 4 is 10.9 Å². The van der Waals surface area contributed by atoms with Gasteiger partial charge in [0.2, 0.25) is 0 Å². The summed E-state index contributed by atoms with van der Waals surface area (Å²) in [6, 6.07) is 10.8. The third-order valence-corrected chi connectivity index (χ3v) is 2.83. The minimum atomic E-state index is -4.14. The highest BCUT2D eigenvalue weighted by atomic mass is 19.4. The maximum atomic E-state index is 12.2. The first-order valence-corrected chi connectivity index (χ1v) is 6.09. The summed E-state index contributed by atoms with van der Waals surface area (Å²) in [4.78, 5) is 4.40. The number of benzene rings is 1. The fourth-order valence-corrected chi connectivity index (χ4v) is 1.90. The van der Waals surface area contributed by atoms with Gasteiger partial charge >= 0.3 is 6.18 Å². The molecule has 0 fully saturated rings. The summed E-state index contributed by atoms with van der Waals surface area (Å²) in [5.74, 6) is 0. The molecule has 1 aromatic carbocycles. The number of nitrogens with zero attached hydrogens (tertiary/aromatic N) is 1. The molecule has 0 saturated heterocycles. The molecule has 1 N–H and O–H groups in total. The van der Waals surface area contributed by atoms with Crippen LogP contribution in [0.15, 0.2) is 36.4 Å². The predicted molar refractivity (Wildman–Crippen MR) is 68.7 cm³/mol. The lowest BCUT2D eigenvalue weighted by Crippen LogP contribution is -2.30. The fraction of sp³-hybridized carbons (Fsp3) is 0.357. The van der Waals surface area contributed by atoms with Gasteiger partial charge in [-0.1, -0.05) is 24.3 Å². The number of nitrogens with one attached hydrogen (secondary N) is 1. The Balaban J connectivity index is 1.98. The van der Waals surface area contributed by atoms with Crippen LogP contribution in [0.5, 0.6) is 0 Å². The van der Waals surface area contributed by atoms with Crippen LogP contribution in [-0.4, -0.2) is 17.2 Å². The summed E-state index contributed by atoms with van der Waals surface area (Å²) in [7, 11) is 0. The molecule has 1 atom stereocenters. The monoisotopic (exact) mass is 268 g/mol. The first-order chi connectivity index (χ1) is 8.94. The molecule has 0 spiro atoms. The van der Waals surface area contributed by atoms with Crippen molar-refractivity contribution in [3.05, 3.63) is 42.1 Å². The van der Waals surface area contributed by atoms with Crippen molar-refractivity contribution in [2.75, 3.05) is 0 Å². The predicted octanol–water partition coefficient (Wildman–Crippen LogP) is 3.67. The molecule has 1 unspecified atom stereocenters. The highest BCUT2D eigenvalue weighted by Crippen LogP contribution is 2.21. The van der Waals surface area contributed by atoms with E-state index in [1.54, 1.807) is 0 Å². The molecule has 0 amide bonds. The van der Waals surface area contributed by atoms with Crippen LogP contribution in [0, 0.1) is 0 Å². The van der Waals surface area contributed by atoms with Crippen LogP contribution >= 0.6 is 0 Å². The van der Waals surface area contributed by atoms with E-state index < -0.39 is 18.6 Å². The number of alkyl halides is 3. The molecular formula is C14H15F3N2. The molecule has 1 heterocycles. The zero-order chi connectivity index (χ0) is 13.9. The average Bonchev–Trinajstić information content (AvgIpc) is 2.34. The van der Waals surface area contributed by atoms with Gasteiger partial charge in [0.05, 0.1) is 17.6 Å². The Morgan fingerprint density at radius 3 is 2.63 bits per heavy atom. The van der Waals surface area contributed by atoms with Crippen molar-refractivity contribution in [1.29, 1.82) is 0 Å². The standard InChI is InChI=1S/C14H15F3N2/c1-10(8-14(15,16)17)18-9-12-7-6-11-4-2-3-5-13(11)19-12/h2-7,10,18H,8-9H2,1H3. The third-order valence-electron chi connectivity index (χ3n) is 2.83. The van der Waals surface area contributed by atoms with Crippen LogP contribution in [0.3, 0.4) is 0 Å². The molecule has 1 aromatic heterocycles. The molecule has 0 aliphatic carbocycles. The number of aromatic nitrogens is 1. The number of pyridine rings is 1. The Morgan fingerprint density at radius 1 is 1.16 bits per heavy atom. The van der Waals surface area contributed by atoms with Crippen LogP contribution in [0.25, 0.3) is 10.9 Å². The molecule has 0 saturated carbocycles. The zero-order valence-electron chi connectivity index (χ0n) is 10.5. The molecule has 2 rings (SSSR count). The second-order valence-corrected chi connectivity index (χ2v) is 4.60. The Morgan fingerprint density at radius 2 is 1.89 bits per heavy atom. The third kappa shape index (κ3) is 4.21. The van der Waals surface area contributed by atoms with Crippen LogP contribution in [0.2, 0.25) is 0 Å². The molecule has 2 aromatic rings. The highest BCUT2D eigenvalue weighted by molar-refractivity contribution is 5.78. The number of rotatable bonds is 4. The number of para-hydroxylation sites is 1. The van der Waals surface area contributed by atoms with Gasteiger partial charge in [0.1, 0.15) is 0 Å². The van der Waals surface area contributed by atoms with E-state index in [1.807, 2.05) is 36.4 Å². The Bertz CT molecular complexity index is 552. The van der Waals surface area contributed by atoms with Crippen molar-refractivity contribution in [1.82, 2.24) is 10.3 Å². The van der Waals surface area contributed by atoms with E-state index in [2.05, 4.69) is 10.3 Å². The number of hydrogen-bond acceptors (Lipinski definition) is 2. The van der Waals surface area contributed by atoms with Gasteiger partial charge in [-0.3, -0.25) is 4.98 Å². The van der Waals surface area contributed by atoms with E-state index >= 15 is 0 Å². The van der Waals surface area contributed by atoms with Gasteiger partial charge < -0.3 is 5.32 Å². The maximum absolute atomic E-state index is 12.2. The van der Waals surface area contributed by atoms with Gasteiger partial charge in [-0.05, 0) is 19.1 Å². The smallest absolute Gasteiger partial charge is 0.308 e. The first kappa shape index (κ1) is 13.8.